The van der Waals surface area contributed by atoms with Crippen LogP contribution in [0.3, 0.4) is 0 Å². The smallest absolute Gasteiger partial charge is 0.155 e. The van der Waals surface area contributed by atoms with Crippen molar-refractivity contribution in [1.29, 1.82) is 0 Å². The summed E-state index contributed by atoms with van der Waals surface area (Å²) in [4.78, 5) is 9.46. The minimum absolute atomic E-state index is 0.935. The number of rotatable bonds is 3. The van der Waals surface area contributed by atoms with E-state index in [1.165, 1.54) is 0 Å². The molecule has 1 saturated heterocycles. The van der Waals surface area contributed by atoms with Crippen LogP contribution < -0.4 is 0 Å². The molecule has 0 radical (unpaired) electrons. The molecule has 19 heavy (non-hydrogen) atoms. The van der Waals surface area contributed by atoms with Gasteiger partial charge in [-0.05, 0) is 26.1 Å². The lowest BCUT2D eigenvalue weighted by molar-refractivity contribution is 0.155. The number of piperazine rings is 1. The molecule has 5 heteroatoms. The molecule has 0 unspecified atom stereocenters. The fraction of sp³-hybridized carbons (Fsp3) is 0.571. The molecule has 0 atom stereocenters. The zero-order valence-corrected chi connectivity index (χ0v) is 11.7. The monoisotopic (exact) mass is 259 g/mol. The van der Waals surface area contributed by atoms with Crippen molar-refractivity contribution >= 4 is 5.65 Å². The molecule has 1 aliphatic heterocycles. The summed E-state index contributed by atoms with van der Waals surface area (Å²) >= 11 is 0. The van der Waals surface area contributed by atoms with Gasteiger partial charge in [0.05, 0.1) is 0 Å². The van der Waals surface area contributed by atoms with Gasteiger partial charge in [0, 0.05) is 44.8 Å². The van der Waals surface area contributed by atoms with Crippen LogP contribution >= 0.6 is 0 Å². The van der Waals surface area contributed by atoms with Crippen LogP contribution in [0.25, 0.3) is 5.65 Å². The van der Waals surface area contributed by atoms with E-state index >= 15 is 0 Å². The van der Waals surface area contributed by atoms with E-state index in [4.69, 9.17) is 0 Å². The first-order valence-corrected chi connectivity index (χ1v) is 6.94. The molecule has 1 aliphatic rings. The predicted molar refractivity (Wildman–Crippen MR) is 75.4 cm³/mol. The van der Waals surface area contributed by atoms with Gasteiger partial charge in [-0.1, -0.05) is 6.07 Å². The summed E-state index contributed by atoms with van der Waals surface area (Å²) in [5.74, 6) is 0.952. The number of likely N-dealkylation sites (N-methyl/N-ethyl adjacent to an activating group) is 1. The molecule has 2 aromatic rings. The van der Waals surface area contributed by atoms with Crippen molar-refractivity contribution in [3.8, 4) is 0 Å². The fourth-order valence-corrected chi connectivity index (χ4v) is 2.52. The fourth-order valence-electron chi connectivity index (χ4n) is 2.52. The van der Waals surface area contributed by atoms with E-state index in [9.17, 15) is 0 Å². The molecule has 2 aromatic heterocycles. The lowest BCUT2D eigenvalue weighted by Crippen LogP contribution is -2.45. The summed E-state index contributed by atoms with van der Waals surface area (Å²) in [6.45, 7) is 7.76. The Morgan fingerprint density at radius 2 is 1.95 bits per heavy atom. The molecule has 3 heterocycles. The molecule has 0 aromatic carbocycles. The van der Waals surface area contributed by atoms with Gasteiger partial charge in [0.1, 0.15) is 0 Å². The van der Waals surface area contributed by atoms with E-state index in [2.05, 4.69) is 39.9 Å². The van der Waals surface area contributed by atoms with Crippen LogP contribution in [0.4, 0.5) is 0 Å². The molecule has 3 rings (SSSR count). The van der Waals surface area contributed by atoms with Crippen LogP contribution in [-0.2, 0) is 6.42 Å². The van der Waals surface area contributed by atoms with Gasteiger partial charge < -0.3 is 9.80 Å². The van der Waals surface area contributed by atoms with Crippen molar-refractivity contribution in [2.45, 2.75) is 13.3 Å². The van der Waals surface area contributed by atoms with Crippen LogP contribution in [0.5, 0.6) is 0 Å². The minimum Gasteiger partial charge on any atom is -0.304 e. The first kappa shape index (κ1) is 12.6. The van der Waals surface area contributed by atoms with Crippen LogP contribution in [-0.4, -0.2) is 64.2 Å². The van der Waals surface area contributed by atoms with Crippen molar-refractivity contribution in [1.82, 2.24) is 24.4 Å². The number of nitrogens with zero attached hydrogens (tertiary/aromatic N) is 5. The maximum Gasteiger partial charge on any atom is 0.155 e. The summed E-state index contributed by atoms with van der Waals surface area (Å²) in [6, 6.07) is 6.11. The van der Waals surface area contributed by atoms with Gasteiger partial charge in [-0.25, -0.2) is 9.50 Å². The molecule has 0 N–H and O–H groups in total. The van der Waals surface area contributed by atoms with E-state index in [0.717, 1.165) is 56.3 Å². The Morgan fingerprint density at radius 3 is 2.68 bits per heavy atom. The maximum atomic E-state index is 4.59. The van der Waals surface area contributed by atoms with Crippen LogP contribution in [0.1, 0.15) is 11.5 Å². The van der Waals surface area contributed by atoms with Gasteiger partial charge in [-0.2, -0.15) is 5.10 Å². The van der Waals surface area contributed by atoms with Gasteiger partial charge in [-0.3, -0.25) is 0 Å². The van der Waals surface area contributed by atoms with E-state index in [1.54, 1.807) is 0 Å². The standard InChI is InChI=1S/C14H21N5/c1-12-4-3-5-14-15-13(16-19(12)14)6-7-18-10-8-17(2)9-11-18/h3-5H,6-11H2,1-2H3. The lowest BCUT2D eigenvalue weighted by Gasteiger charge is -2.31. The lowest BCUT2D eigenvalue weighted by atomic mass is 10.3. The Bertz CT molecular complexity index is 554. The second-order valence-electron chi connectivity index (χ2n) is 5.36. The second kappa shape index (κ2) is 5.27. The van der Waals surface area contributed by atoms with Crippen LogP contribution in [0, 0.1) is 6.92 Å². The zero-order valence-electron chi connectivity index (χ0n) is 11.7. The first-order valence-electron chi connectivity index (χ1n) is 6.94. The summed E-state index contributed by atoms with van der Waals surface area (Å²) < 4.78 is 1.93. The molecular weight excluding hydrogens is 238 g/mol. The number of pyridine rings is 1. The third kappa shape index (κ3) is 2.77. The van der Waals surface area contributed by atoms with E-state index in [0.29, 0.717) is 0 Å². The molecule has 5 nitrogen and oxygen atoms in total. The summed E-state index contributed by atoms with van der Waals surface area (Å²) in [7, 11) is 2.18. The highest BCUT2D eigenvalue weighted by Gasteiger charge is 2.14. The average molecular weight is 259 g/mol. The Kier molecular flexibility index (Phi) is 3.48. The Morgan fingerprint density at radius 1 is 1.16 bits per heavy atom. The Hall–Kier alpha value is -1.46. The van der Waals surface area contributed by atoms with Crippen molar-refractivity contribution in [2.24, 2.45) is 0 Å². The van der Waals surface area contributed by atoms with E-state index in [-0.39, 0.29) is 0 Å². The summed E-state index contributed by atoms with van der Waals surface area (Å²) in [5, 5.41) is 4.58. The SMILES string of the molecule is Cc1cccc2nc(CCN3CCN(C)CC3)nn12. The molecule has 0 amide bonds. The maximum absolute atomic E-state index is 4.59. The van der Waals surface area contributed by atoms with Gasteiger partial charge in [-0.15, -0.1) is 0 Å². The number of hydrogen-bond acceptors (Lipinski definition) is 4. The molecule has 0 bridgehead atoms. The third-order valence-corrected chi connectivity index (χ3v) is 3.84. The molecule has 102 valence electrons. The quantitative estimate of drug-likeness (QED) is 0.818. The number of aryl methyl sites for hydroxylation is 1. The van der Waals surface area contributed by atoms with Crippen LogP contribution in [0.2, 0.25) is 0 Å². The molecule has 1 fully saturated rings. The summed E-state index contributed by atoms with van der Waals surface area (Å²) in [5.41, 5.74) is 2.09. The van der Waals surface area contributed by atoms with Crippen molar-refractivity contribution in [3.05, 3.63) is 29.7 Å². The third-order valence-electron chi connectivity index (χ3n) is 3.84. The second-order valence-corrected chi connectivity index (χ2v) is 5.36. The molecule has 0 spiro atoms. The number of aromatic nitrogens is 3. The highest BCUT2D eigenvalue weighted by molar-refractivity contribution is 5.38. The van der Waals surface area contributed by atoms with Crippen molar-refractivity contribution in [3.63, 3.8) is 0 Å². The molecule has 0 saturated carbocycles. The van der Waals surface area contributed by atoms with Gasteiger partial charge in [0.25, 0.3) is 0 Å². The number of hydrogen-bond donors (Lipinski definition) is 0. The van der Waals surface area contributed by atoms with Crippen LogP contribution in [0.15, 0.2) is 18.2 Å². The van der Waals surface area contributed by atoms with Gasteiger partial charge >= 0.3 is 0 Å². The predicted octanol–water partition coefficient (Wildman–Crippen LogP) is 0.828. The molecular formula is C14H21N5. The highest BCUT2D eigenvalue weighted by Crippen LogP contribution is 2.06. The Labute approximate surface area is 113 Å². The molecule has 0 aliphatic carbocycles. The normalized spacial score (nSPS) is 18.2. The average Bonchev–Trinajstić information content (AvgIpc) is 2.83. The topological polar surface area (TPSA) is 36.7 Å². The highest BCUT2D eigenvalue weighted by atomic mass is 15.3. The number of fused-ring (bicyclic) bond motifs is 1. The van der Waals surface area contributed by atoms with Crippen molar-refractivity contribution in [2.75, 3.05) is 39.8 Å². The van der Waals surface area contributed by atoms with Crippen molar-refractivity contribution < 1.29 is 0 Å². The Balaban J connectivity index is 1.64. The largest absolute Gasteiger partial charge is 0.304 e. The summed E-state index contributed by atoms with van der Waals surface area (Å²) in [6.07, 6.45) is 0.935. The zero-order chi connectivity index (χ0) is 13.2. The van der Waals surface area contributed by atoms with E-state index < -0.39 is 0 Å². The minimum atomic E-state index is 0.935. The first-order chi connectivity index (χ1) is 9.22. The van der Waals surface area contributed by atoms with Gasteiger partial charge in [0.2, 0.25) is 0 Å². The van der Waals surface area contributed by atoms with Gasteiger partial charge in [0.15, 0.2) is 11.5 Å². The van der Waals surface area contributed by atoms with E-state index in [1.807, 2.05) is 16.6 Å².